The number of hydrogen-bond acceptors (Lipinski definition) is 5. The summed E-state index contributed by atoms with van der Waals surface area (Å²) in [6.07, 6.45) is 3.91. The first kappa shape index (κ1) is 19.6. The molecule has 2 aromatic carbocycles. The van der Waals surface area contributed by atoms with E-state index >= 15 is 0 Å². The number of ether oxygens (including phenoxy) is 2. The fourth-order valence-electron chi connectivity index (χ4n) is 3.90. The molecular weight excluding hydrogens is 406 g/mol. The molecule has 5 aromatic rings. The van der Waals surface area contributed by atoms with Crippen molar-refractivity contribution >= 4 is 27.9 Å². The molecule has 0 unspecified atom stereocenters. The van der Waals surface area contributed by atoms with Gasteiger partial charge in [-0.1, -0.05) is 30.3 Å². The number of benzene rings is 2. The summed E-state index contributed by atoms with van der Waals surface area (Å²) in [5.41, 5.74) is 3.47. The first-order valence-corrected chi connectivity index (χ1v) is 9.99. The molecule has 32 heavy (non-hydrogen) atoms. The molecule has 0 aliphatic heterocycles. The Kier molecular flexibility index (Phi) is 4.91. The Labute approximate surface area is 183 Å². The van der Waals surface area contributed by atoms with Crippen LogP contribution in [0.25, 0.3) is 33.1 Å². The van der Waals surface area contributed by atoms with Crippen molar-refractivity contribution in [2.45, 2.75) is 6.61 Å². The van der Waals surface area contributed by atoms with Gasteiger partial charge in [0.2, 0.25) is 0 Å². The van der Waals surface area contributed by atoms with E-state index in [9.17, 15) is 9.90 Å². The molecular formula is C25H19N3O4. The van der Waals surface area contributed by atoms with Crippen LogP contribution in [0.2, 0.25) is 0 Å². The molecule has 7 nitrogen and oxygen atoms in total. The Morgan fingerprint density at radius 3 is 2.56 bits per heavy atom. The lowest BCUT2D eigenvalue weighted by Crippen LogP contribution is -2.07. The molecule has 0 bridgehead atoms. The number of aromatic nitrogens is 3. The summed E-state index contributed by atoms with van der Waals surface area (Å²) in [6, 6.07) is 18.7. The van der Waals surface area contributed by atoms with Gasteiger partial charge in [-0.2, -0.15) is 0 Å². The second-order valence-corrected chi connectivity index (χ2v) is 7.21. The summed E-state index contributed by atoms with van der Waals surface area (Å²) in [7, 11) is 1.56. The lowest BCUT2D eigenvalue weighted by molar-refractivity contribution is 0.198. The Hall–Kier alpha value is -4.39. The predicted molar refractivity (Wildman–Crippen MR) is 121 cm³/mol. The van der Waals surface area contributed by atoms with E-state index in [2.05, 4.69) is 9.97 Å². The fraction of sp³-hybridized carbons (Fsp3) is 0.0800. The minimum atomic E-state index is -1.09. The van der Waals surface area contributed by atoms with Crippen LogP contribution in [0.1, 0.15) is 5.56 Å². The lowest BCUT2D eigenvalue weighted by Gasteiger charge is -2.12. The SMILES string of the molecule is COc1cc2c3c(-c4cccnc4)nccc3n(C(=O)O)c2cc1OCc1ccccc1. The zero-order valence-electron chi connectivity index (χ0n) is 17.2. The molecule has 0 atom stereocenters. The molecule has 0 amide bonds. The summed E-state index contributed by atoms with van der Waals surface area (Å²) >= 11 is 0. The average molecular weight is 425 g/mol. The first-order valence-electron chi connectivity index (χ1n) is 9.99. The number of methoxy groups -OCH3 is 1. The van der Waals surface area contributed by atoms with E-state index in [1.165, 1.54) is 4.57 Å². The Balaban J connectivity index is 1.74. The maximum absolute atomic E-state index is 12.2. The maximum Gasteiger partial charge on any atom is 0.416 e. The van der Waals surface area contributed by atoms with E-state index in [0.717, 1.165) is 11.1 Å². The fourth-order valence-corrected chi connectivity index (χ4v) is 3.90. The molecule has 158 valence electrons. The van der Waals surface area contributed by atoms with Gasteiger partial charge in [-0.15, -0.1) is 0 Å². The van der Waals surface area contributed by atoms with Crippen molar-refractivity contribution < 1.29 is 19.4 Å². The second-order valence-electron chi connectivity index (χ2n) is 7.21. The van der Waals surface area contributed by atoms with Crippen LogP contribution in [0.5, 0.6) is 11.5 Å². The van der Waals surface area contributed by atoms with E-state index < -0.39 is 6.09 Å². The monoisotopic (exact) mass is 425 g/mol. The first-order chi connectivity index (χ1) is 15.7. The Morgan fingerprint density at radius 1 is 1.00 bits per heavy atom. The zero-order valence-corrected chi connectivity index (χ0v) is 17.2. The van der Waals surface area contributed by atoms with E-state index in [0.29, 0.717) is 45.6 Å². The van der Waals surface area contributed by atoms with E-state index in [-0.39, 0.29) is 0 Å². The van der Waals surface area contributed by atoms with Crippen LogP contribution in [0.4, 0.5) is 4.79 Å². The number of nitrogens with zero attached hydrogens (tertiary/aromatic N) is 3. The van der Waals surface area contributed by atoms with Crippen LogP contribution in [0, 0.1) is 0 Å². The molecule has 0 fully saturated rings. The zero-order chi connectivity index (χ0) is 22.1. The highest BCUT2D eigenvalue weighted by atomic mass is 16.5. The molecule has 7 heteroatoms. The highest BCUT2D eigenvalue weighted by Gasteiger charge is 2.22. The van der Waals surface area contributed by atoms with Crippen LogP contribution in [0.3, 0.4) is 0 Å². The van der Waals surface area contributed by atoms with Gasteiger partial charge in [0, 0.05) is 41.0 Å². The van der Waals surface area contributed by atoms with Crippen molar-refractivity contribution in [2.75, 3.05) is 7.11 Å². The topological polar surface area (TPSA) is 86.5 Å². The molecule has 0 saturated heterocycles. The third-order valence-corrected chi connectivity index (χ3v) is 5.33. The molecule has 5 rings (SSSR count). The third kappa shape index (κ3) is 3.30. The van der Waals surface area contributed by atoms with Gasteiger partial charge in [0.1, 0.15) is 6.61 Å². The van der Waals surface area contributed by atoms with Crippen LogP contribution < -0.4 is 9.47 Å². The molecule has 0 spiro atoms. The van der Waals surface area contributed by atoms with Crippen LogP contribution >= 0.6 is 0 Å². The molecule has 0 radical (unpaired) electrons. The molecule has 0 aliphatic carbocycles. The van der Waals surface area contributed by atoms with Crippen molar-refractivity contribution in [2.24, 2.45) is 0 Å². The molecule has 3 aromatic heterocycles. The number of carboxylic acid groups (broad SMARTS) is 1. The molecule has 0 aliphatic rings. The maximum atomic E-state index is 12.2. The van der Waals surface area contributed by atoms with Gasteiger partial charge in [-0.05, 0) is 29.8 Å². The minimum absolute atomic E-state index is 0.332. The van der Waals surface area contributed by atoms with Gasteiger partial charge in [0.05, 0.1) is 23.8 Å². The molecule has 3 heterocycles. The largest absolute Gasteiger partial charge is 0.493 e. The number of rotatable bonds is 5. The highest BCUT2D eigenvalue weighted by molar-refractivity contribution is 6.17. The van der Waals surface area contributed by atoms with E-state index in [1.807, 2.05) is 42.5 Å². The summed E-state index contributed by atoms with van der Waals surface area (Å²) in [6.45, 7) is 0.332. The van der Waals surface area contributed by atoms with Crippen LogP contribution in [0.15, 0.2) is 79.3 Å². The quantitative estimate of drug-likeness (QED) is 0.408. The van der Waals surface area contributed by atoms with Crippen LogP contribution in [-0.2, 0) is 6.61 Å². The van der Waals surface area contributed by atoms with Gasteiger partial charge < -0.3 is 14.6 Å². The smallest absolute Gasteiger partial charge is 0.416 e. The normalized spacial score (nSPS) is 11.0. The average Bonchev–Trinajstić information content (AvgIpc) is 3.16. The highest BCUT2D eigenvalue weighted by Crippen LogP contribution is 2.41. The van der Waals surface area contributed by atoms with Crippen LogP contribution in [-0.4, -0.2) is 32.8 Å². The van der Waals surface area contributed by atoms with Crippen molar-refractivity contribution in [3.05, 3.63) is 84.8 Å². The molecule has 1 N–H and O–H groups in total. The van der Waals surface area contributed by atoms with Gasteiger partial charge >= 0.3 is 6.09 Å². The van der Waals surface area contributed by atoms with Gasteiger partial charge in [0.25, 0.3) is 0 Å². The summed E-state index contributed by atoms with van der Waals surface area (Å²) < 4.78 is 12.9. The van der Waals surface area contributed by atoms with E-state index in [4.69, 9.17) is 9.47 Å². The van der Waals surface area contributed by atoms with Crippen molar-refractivity contribution in [1.29, 1.82) is 0 Å². The predicted octanol–water partition coefficient (Wildman–Crippen LogP) is 5.37. The molecule has 0 saturated carbocycles. The van der Waals surface area contributed by atoms with Gasteiger partial charge in [0.15, 0.2) is 11.5 Å². The van der Waals surface area contributed by atoms with Crippen molar-refractivity contribution in [3.63, 3.8) is 0 Å². The van der Waals surface area contributed by atoms with Gasteiger partial charge in [-0.25, -0.2) is 9.36 Å². The van der Waals surface area contributed by atoms with E-state index in [1.54, 1.807) is 43.9 Å². The second kappa shape index (κ2) is 8.03. The number of hydrogen-bond donors (Lipinski definition) is 1. The summed E-state index contributed by atoms with van der Waals surface area (Å²) in [5.74, 6) is 0.976. The third-order valence-electron chi connectivity index (χ3n) is 5.33. The minimum Gasteiger partial charge on any atom is -0.493 e. The Morgan fingerprint density at radius 2 is 1.84 bits per heavy atom. The van der Waals surface area contributed by atoms with Gasteiger partial charge in [-0.3, -0.25) is 9.97 Å². The summed E-state index contributed by atoms with van der Waals surface area (Å²) in [4.78, 5) is 21.0. The Bertz CT molecular complexity index is 1430. The lowest BCUT2D eigenvalue weighted by atomic mass is 10.1. The number of fused-ring (bicyclic) bond motifs is 3. The van der Waals surface area contributed by atoms with Crippen molar-refractivity contribution in [3.8, 4) is 22.8 Å². The standard InChI is InChI=1S/C25H19N3O4/c1-31-21-12-18-20(13-22(21)32-15-16-6-3-2-4-7-16)28(25(29)30)19-9-11-27-24(23(18)19)17-8-5-10-26-14-17/h2-14H,15H2,1H3,(H,29,30). The number of pyridine rings is 2. The van der Waals surface area contributed by atoms with Crippen molar-refractivity contribution in [1.82, 2.24) is 14.5 Å². The number of carbonyl (C=O) groups is 1. The summed E-state index contributed by atoms with van der Waals surface area (Å²) in [5, 5.41) is 11.4.